The molecule has 1 aliphatic heterocycles. The van der Waals surface area contributed by atoms with Crippen LogP contribution in [0.25, 0.3) is 22.2 Å². The van der Waals surface area contributed by atoms with Crippen LogP contribution in [0.5, 0.6) is 11.5 Å². The molecule has 3 aromatic rings. The standard InChI is InChI=1S/C24H30N6O3/c1-32-20-10-18-19(11-21(20)33-2)27-24(29-9-8-15(13-29)23(25)31)28-22(18)16-12-26-30(14-16)17-6-4-3-5-7-17/h10-12,14-15,17H,3-9,13H2,1-2H3,(H2,25,31). The van der Waals surface area contributed by atoms with E-state index in [1.807, 2.05) is 23.2 Å². The molecule has 1 saturated carbocycles. The number of hydrogen-bond donors (Lipinski definition) is 1. The van der Waals surface area contributed by atoms with Crippen LogP contribution in [0.4, 0.5) is 5.95 Å². The van der Waals surface area contributed by atoms with Crippen molar-refractivity contribution in [3.05, 3.63) is 24.5 Å². The van der Waals surface area contributed by atoms with Crippen LogP contribution in [0.1, 0.15) is 44.6 Å². The van der Waals surface area contributed by atoms with Crippen LogP contribution in [0.3, 0.4) is 0 Å². The molecule has 2 aromatic heterocycles. The second-order valence-electron chi connectivity index (χ2n) is 8.93. The van der Waals surface area contributed by atoms with Crippen molar-refractivity contribution in [1.82, 2.24) is 19.7 Å². The van der Waals surface area contributed by atoms with Crippen LogP contribution in [0.2, 0.25) is 0 Å². The lowest BCUT2D eigenvalue weighted by Gasteiger charge is -2.21. The van der Waals surface area contributed by atoms with Gasteiger partial charge >= 0.3 is 0 Å². The number of primary amides is 1. The number of ether oxygens (including phenoxy) is 2. The van der Waals surface area contributed by atoms with Crippen LogP contribution >= 0.6 is 0 Å². The van der Waals surface area contributed by atoms with Crippen LogP contribution in [-0.2, 0) is 4.79 Å². The van der Waals surface area contributed by atoms with Crippen molar-refractivity contribution in [2.75, 3.05) is 32.2 Å². The lowest BCUT2D eigenvalue weighted by Crippen LogP contribution is -2.28. The van der Waals surface area contributed by atoms with Crippen molar-refractivity contribution in [2.45, 2.75) is 44.6 Å². The number of anilines is 1. The molecule has 1 aromatic carbocycles. The van der Waals surface area contributed by atoms with E-state index in [4.69, 9.17) is 25.2 Å². The summed E-state index contributed by atoms with van der Waals surface area (Å²) in [5, 5.41) is 5.55. The highest BCUT2D eigenvalue weighted by molar-refractivity contribution is 5.95. The molecule has 1 amide bonds. The van der Waals surface area contributed by atoms with E-state index in [1.165, 1.54) is 19.3 Å². The first-order chi connectivity index (χ1) is 16.1. The highest BCUT2D eigenvalue weighted by Crippen LogP contribution is 2.38. The third-order valence-electron chi connectivity index (χ3n) is 6.89. The smallest absolute Gasteiger partial charge is 0.226 e. The average molecular weight is 451 g/mol. The van der Waals surface area contributed by atoms with Crippen molar-refractivity contribution in [3.63, 3.8) is 0 Å². The zero-order valence-electron chi connectivity index (χ0n) is 19.2. The fourth-order valence-corrected chi connectivity index (χ4v) is 4.98. The maximum Gasteiger partial charge on any atom is 0.226 e. The molecular weight excluding hydrogens is 420 g/mol. The normalized spacial score (nSPS) is 19.2. The second-order valence-corrected chi connectivity index (χ2v) is 8.93. The summed E-state index contributed by atoms with van der Waals surface area (Å²) in [7, 11) is 3.23. The quantitative estimate of drug-likeness (QED) is 0.614. The fourth-order valence-electron chi connectivity index (χ4n) is 4.98. The van der Waals surface area contributed by atoms with Crippen LogP contribution in [-0.4, -0.2) is 53.0 Å². The minimum Gasteiger partial charge on any atom is -0.493 e. The monoisotopic (exact) mass is 450 g/mol. The second kappa shape index (κ2) is 8.88. The number of rotatable bonds is 6. The van der Waals surface area contributed by atoms with E-state index in [9.17, 15) is 4.79 Å². The molecule has 0 radical (unpaired) electrons. The first kappa shape index (κ1) is 21.5. The molecule has 0 bridgehead atoms. The van der Waals surface area contributed by atoms with Crippen molar-refractivity contribution in [3.8, 4) is 22.8 Å². The molecule has 174 valence electrons. The summed E-state index contributed by atoms with van der Waals surface area (Å²) in [6.07, 6.45) is 10.8. The summed E-state index contributed by atoms with van der Waals surface area (Å²) in [5.41, 5.74) is 8.02. The Hall–Kier alpha value is -3.36. The maximum absolute atomic E-state index is 11.7. The molecule has 1 unspecified atom stereocenters. The molecule has 9 heteroatoms. The zero-order chi connectivity index (χ0) is 22.9. The predicted octanol–water partition coefficient (Wildman–Crippen LogP) is 3.33. The van der Waals surface area contributed by atoms with Crippen LogP contribution < -0.4 is 20.1 Å². The molecule has 9 nitrogen and oxygen atoms in total. The molecule has 3 heterocycles. The van der Waals surface area contributed by atoms with E-state index >= 15 is 0 Å². The summed E-state index contributed by atoms with van der Waals surface area (Å²) in [5.74, 6) is 1.34. The Morgan fingerprint density at radius 1 is 1.06 bits per heavy atom. The number of hydrogen-bond acceptors (Lipinski definition) is 7. The average Bonchev–Trinajstić information content (AvgIpc) is 3.53. The molecule has 1 saturated heterocycles. The Kier molecular flexibility index (Phi) is 5.78. The molecule has 1 aliphatic carbocycles. The van der Waals surface area contributed by atoms with Gasteiger partial charge in [0.25, 0.3) is 0 Å². The van der Waals surface area contributed by atoms with Gasteiger partial charge in [0.15, 0.2) is 11.5 Å². The van der Waals surface area contributed by atoms with E-state index in [2.05, 4.69) is 16.0 Å². The SMILES string of the molecule is COc1cc2nc(N3CCC(C(N)=O)C3)nc(-c3cnn(C4CCCCC4)c3)c2cc1OC. The largest absolute Gasteiger partial charge is 0.493 e. The first-order valence-corrected chi connectivity index (χ1v) is 11.6. The zero-order valence-corrected chi connectivity index (χ0v) is 19.2. The summed E-state index contributed by atoms with van der Waals surface area (Å²) in [6.45, 7) is 1.21. The lowest BCUT2D eigenvalue weighted by atomic mass is 9.96. The number of carbonyl (C=O) groups excluding carboxylic acids is 1. The van der Waals surface area contributed by atoms with Gasteiger partial charge in [-0.2, -0.15) is 5.10 Å². The number of carbonyl (C=O) groups is 1. The summed E-state index contributed by atoms with van der Waals surface area (Å²) in [6, 6.07) is 4.22. The minimum absolute atomic E-state index is 0.188. The number of aromatic nitrogens is 4. The fraction of sp³-hybridized carbons (Fsp3) is 0.500. The predicted molar refractivity (Wildman–Crippen MR) is 125 cm³/mol. The summed E-state index contributed by atoms with van der Waals surface area (Å²) < 4.78 is 13.1. The molecule has 2 N–H and O–H groups in total. The molecular formula is C24H30N6O3. The number of benzene rings is 1. The number of amides is 1. The van der Waals surface area contributed by atoms with Crippen LogP contribution in [0.15, 0.2) is 24.5 Å². The Morgan fingerprint density at radius 2 is 1.82 bits per heavy atom. The van der Waals surface area contributed by atoms with Gasteiger partial charge in [-0.05, 0) is 25.3 Å². The van der Waals surface area contributed by atoms with E-state index < -0.39 is 0 Å². The van der Waals surface area contributed by atoms with E-state index in [0.29, 0.717) is 43.0 Å². The summed E-state index contributed by atoms with van der Waals surface area (Å²) in [4.78, 5) is 23.5. The van der Waals surface area contributed by atoms with Crippen molar-refractivity contribution < 1.29 is 14.3 Å². The number of nitrogens with zero attached hydrogens (tertiary/aromatic N) is 5. The highest BCUT2D eigenvalue weighted by atomic mass is 16.5. The molecule has 2 aliphatic rings. The maximum atomic E-state index is 11.7. The van der Waals surface area contributed by atoms with E-state index in [-0.39, 0.29) is 11.8 Å². The molecule has 2 fully saturated rings. The molecule has 33 heavy (non-hydrogen) atoms. The molecule has 5 rings (SSSR count). The third-order valence-corrected chi connectivity index (χ3v) is 6.89. The molecule has 1 atom stereocenters. The Labute approximate surface area is 192 Å². The Morgan fingerprint density at radius 3 is 2.52 bits per heavy atom. The van der Waals surface area contributed by atoms with Crippen LogP contribution in [0, 0.1) is 5.92 Å². The topological polar surface area (TPSA) is 108 Å². The van der Waals surface area contributed by atoms with E-state index in [1.54, 1.807) is 14.2 Å². The number of methoxy groups -OCH3 is 2. The molecule has 0 spiro atoms. The Balaban J connectivity index is 1.61. The minimum atomic E-state index is -0.279. The van der Waals surface area contributed by atoms with Gasteiger partial charge in [0.1, 0.15) is 0 Å². The van der Waals surface area contributed by atoms with Gasteiger partial charge in [-0.15, -0.1) is 0 Å². The highest BCUT2D eigenvalue weighted by Gasteiger charge is 2.29. The third kappa shape index (κ3) is 4.07. The van der Waals surface area contributed by atoms with Gasteiger partial charge in [0.2, 0.25) is 11.9 Å². The van der Waals surface area contributed by atoms with Gasteiger partial charge in [-0.3, -0.25) is 9.48 Å². The van der Waals surface area contributed by atoms with Gasteiger partial charge in [-0.1, -0.05) is 19.3 Å². The van der Waals surface area contributed by atoms with Crippen molar-refractivity contribution >= 4 is 22.8 Å². The van der Waals surface area contributed by atoms with Crippen molar-refractivity contribution in [2.24, 2.45) is 11.7 Å². The van der Waals surface area contributed by atoms with Gasteiger partial charge in [0, 0.05) is 36.3 Å². The first-order valence-electron chi connectivity index (χ1n) is 11.6. The van der Waals surface area contributed by atoms with Gasteiger partial charge in [-0.25, -0.2) is 9.97 Å². The van der Waals surface area contributed by atoms with E-state index in [0.717, 1.165) is 35.0 Å². The van der Waals surface area contributed by atoms with Crippen molar-refractivity contribution in [1.29, 1.82) is 0 Å². The van der Waals surface area contributed by atoms with Gasteiger partial charge < -0.3 is 20.1 Å². The number of nitrogens with two attached hydrogens (primary N) is 1. The Bertz CT molecular complexity index is 1170. The lowest BCUT2D eigenvalue weighted by molar-refractivity contribution is -0.121. The summed E-state index contributed by atoms with van der Waals surface area (Å²) >= 11 is 0. The number of fused-ring (bicyclic) bond motifs is 1. The van der Waals surface area contributed by atoms with Gasteiger partial charge in [0.05, 0.1) is 43.6 Å².